The number of ketones is 1. The third-order valence-corrected chi connectivity index (χ3v) is 5.81. The summed E-state index contributed by atoms with van der Waals surface area (Å²) in [6.07, 6.45) is 9.63. The van der Waals surface area contributed by atoms with E-state index in [4.69, 9.17) is 4.74 Å². The van der Waals surface area contributed by atoms with Crippen LogP contribution in [0.5, 0.6) is 0 Å². The summed E-state index contributed by atoms with van der Waals surface area (Å²) in [6, 6.07) is 3.75. The van der Waals surface area contributed by atoms with E-state index in [2.05, 4.69) is 12.2 Å². The standard InChI is InChI=1S/C19H16O3S/c1-22-19(21)15-10-11-4-2-3-5-17(11)23-18-13-8-9-16(20)12(13)6-7-14(15)18/h4-7,10H,2-3,8-9H2,1H3. The predicted molar refractivity (Wildman–Crippen MR) is 90.3 cm³/mol. The van der Waals surface area contributed by atoms with Crippen LogP contribution in [-0.4, -0.2) is 18.9 Å². The van der Waals surface area contributed by atoms with Gasteiger partial charge in [-0.2, -0.15) is 0 Å². The fourth-order valence-corrected chi connectivity index (χ4v) is 4.67. The number of carbonyl (C=O) groups is 2. The first kappa shape index (κ1) is 14.5. The van der Waals surface area contributed by atoms with Crippen molar-refractivity contribution in [2.75, 3.05) is 7.11 Å². The number of ether oxygens (including phenoxy) is 1. The number of Topliss-reactive ketones (excluding diaryl/α,β-unsaturated/α-hetero) is 1. The molecule has 0 fully saturated rings. The molecule has 0 saturated carbocycles. The Balaban J connectivity index is 1.97. The molecule has 116 valence electrons. The van der Waals surface area contributed by atoms with Gasteiger partial charge in [0.2, 0.25) is 0 Å². The highest BCUT2D eigenvalue weighted by Crippen LogP contribution is 2.47. The monoisotopic (exact) mass is 324 g/mol. The molecule has 0 unspecified atom stereocenters. The smallest absolute Gasteiger partial charge is 0.338 e. The second kappa shape index (κ2) is 5.53. The molecule has 0 bridgehead atoms. The first-order chi connectivity index (χ1) is 11.2. The third kappa shape index (κ3) is 2.29. The van der Waals surface area contributed by atoms with Crippen molar-refractivity contribution in [3.63, 3.8) is 0 Å². The molecule has 0 aromatic heterocycles. The molecule has 1 heterocycles. The zero-order valence-electron chi connectivity index (χ0n) is 12.8. The van der Waals surface area contributed by atoms with E-state index < -0.39 is 0 Å². The van der Waals surface area contributed by atoms with Crippen LogP contribution in [0.3, 0.4) is 0 Å². The Morgan fingerprint density at radius 2 is 1.91 bits per heavy atom. The van der Waals surface area contributed by atoms with Crippen LogP contribution in [0.25, 0.3) is 5.57 Å². The molecule has 0 amide bonds. The average Bonchev–Trinajstić information content (AvgIpc) is 2.86. The van der Waals surface area contributed by atoms with Crippen LogP contribution in [0.1, 0.15) is 40.7 Å². The van der Waals surface area contributed by atoms with E-state index in [1.165, 1.54) is 12.0 Å². The molecule has 23 heavy (non-hydrogen) atoms. The van der Waals surface area contributed by atoms with Crippen molar-refractivity contribution >= 4 is 29.1 Å². The number of carbonyl (C=O) groups excluding carboxylic acids is 2. The molecule has 1 aliphatic heterocycles. The lowest BCUT2D eigenvalue weighted by atomic mass is 9.97. The SMILES string of the molecule is COC(=O)C1=CC2=CCCC=C2Sc2c1ccc1c2CCC1=O. The molecule has 3 nitrogen and oxygen atoms in total. The van der Waals surface area contributed by atoms with Crippen LogP contribution in [-0.2, 0) is 16.0 Å². The largest absolute Gasteiger partial charge is 0.465 e. The summed E-state index contributed by atoms with van der Waals surface area (Å²) in [5.41, 5.74) is 4.43. The zero-order chi connectivity index (χ0) is 16.0. The van der Waals surface area contributed by atoms with Crippen molar-refractivity contribution in [1.29, 1.82) is 0 Å². The van der Waals surface area contributed by atoms with Crippen molar-refractivity contribution in [1.82, 2.24) is 0 Å². The number of thioether (sulfide) groups is 1. The number of hydrogen-bond acceptors (Lipinski definition) is 4. The van der Waals surface area contributed by atoms with Crippen molar-refractivity contribution in [3.05, 3.63) is 57.5 Å². The lowest BCUT2D eigenvalue weighted by Crippen LogP contribution is -2.06. The molecule has 1 aromatic rings. The van der Waals surface area contributed by atoms with Crippen LogP contribution >= 0.6 is 11.8 Å². The summed E-state index contributed by atoms with van der Waals surface area (Å²) < 4.78 is 4.99. The first-order valence-electron chi connectivity index (χ1n) is 7.77. The van der Waals surface area contributed by atoms with Crippen molar-refractivity contribution in [2.24, 2.45) is 0 Å². The lowest BCUT2D eigenvalue weighted by Gasteiger charge is -2.14. The summed E-state index contributed by atoms with van der Waals surface area (Å²) in [5, 5.41) is 0. The van der Waals surface area contributed by atoms with Gasteiger partial charge in [0, 0.05) is 27.3 Å². The number of hydrogen-bond donors (Lipinski definition) is 0. The van der Waals surface area contributed by atoms with Crippen LogP contribution in [0.4, 0.5) is 0 Å². The molecule has 4 rings (SSSR count). The van der Waals surface area contributed by atoms with E-state index in [9.17, 15) is 9.59 Å². The molecule has 0 atom stereocenters. The molecule has 0 radical (unpaired) electrons. The minimum atomic E-state index is -0.330. The molecule has 3 aliphatic rings. The van der Waals surface area contributed by atoms with E-state index in [0.717, 1.165) is 46.4 Å². The normalized spacial score (nSPS) is 18.8. The highest BCUT2D eigenvalue weighted by molar-refractivity contribution is 8.03. The van der Waals surface area contributed by atoms with Crippen molar-refractivity contribution < 1.29 is 14.3 Å². The summed E-state index contributed by atoms with van der Waals surface area (Å²) in [5.74, 6) is -0.131. The van der Waals surface area contributed by atoms with E-state index in [-0.39, 0.29) is 11.8 Å². The summed E-state index contributed by atoms with van der Waals surface area (Å²) in [4.78, 5) is 26.6. The topological polar surface area (TPSA) is 43.4 Å². The van der Waals surface area contributed by atoms with Gasteiger partial charge in [-0.25, -0.2) is 4.79 Å². The van der Waals surface area contributed by atoms with Gasteiger partial charge in [0.25, 0.3) is 0 Å². The number of rotatable bonds is 1. The van der Waals surface area contributed by atoms with Crippen LogP contribution in [0.2, 0.25) is 0 Å². The van der Waals surface area contributed by atoms with E-state index in [1.807, 2.05) is 18.2 Å². The van der Waals surface area contributed by atoms with Gasteiger partial charge in [-0.15, -0.1) is 0 Å². The molecule has 0 saturated heterocycles. The van der Waals surface area contributed by atoms with Gasteiger partial charge in [0.15, 0.2) is 5.78 Å². The molecule has 1 aromatic carbocycles. The van der Waals surface area contributed by atoms with Crippen LogP contribution in [0.15, 0.2) is 45.7 Å². The number of methoxy groups -OCH3 is 1. The molecule has 0 spiro atoms. The Labute approximate surface area is 139 Å². The minimum absolute atomic E-state index is 0.199. The molecule has 0 N–H and O–H groups in total. The second-order valence-corrected chi connectivity index (χ2v) is 6.90. The van der Waals surface area contributed by atoms with Gasteiger partial charge in [-0.05, 0) is 36.5 Å². The van der Waals surface area contributed by atoms with Gasteiger partial charge in [-0.3, -0.25) is 4.79 Å². The lowest BCUT2D eigenvalue weighted by molar-refractivity contribution is -0.133. The first-order valence-corrected chi connectivity index (χ1v) is 8.58. The van der Waals surface area contributed by atoms with E-state index >= 15 is 0 Å². The summed E-state index contributed by atoms with van der Waals surface area (Å²) >= 11 is 1.68. The number of allylic oxidation sites excluding steroid dienone is 4. The van der Waals surface area contributed by atoms with Gasteiger partial charge >= 0.3 is 5.97 Å². The Kier molecular flexibility index (Phi) is 3.49. The highest BCUT2D eigenvalue weighted by Gasteiger charge is 2.30. The zero-order valence-corrected chi connectivity index (χ0v) is 13.7. The van der Waals surface area contributed by atoms with Crippen LogP contribution < -0.4 is 0 Å². The van der Waals surface area contributed by atoms with Crippen molar-refractivity contribution in [2.45, 2.75) is 30.6 Å². The Hall–Kier alpha value is -2.07. The van der Waals surface area contributed by atoms with E-state index in [0.29, 0.717) is 12.0 Å². The fourth-order valence-electron chi connectivity index (χ4n) is 3.36. The number of esters is 1. The molecular formula is C19H16O3S. The Morgan fingerprint density at radius 1 is 1.13 bits per heavy atom. The van der Waals surface area contributed by atoms with Crippen LogP contribution in [0, 0.1) is 0 Å². The van der Waals surface area contributed by atoms with Crippen molar-refractivity contribution in [3.8, 4) is 0 Å². The Morgan fingerprint density at radius 3 is 2.74 bits per heavy atom. The maximum atomic E-state index is 12.3. The van der Waals surface area contributed by atoms with E-state index in [1.54, 1.807) is 11.8 Å². The molecular weight excluding hydrogens is 308 g/mol. The Bertz CT molecular complexity index is 827. The number of fused-ring (bicyclic) bond motifs is 4. The third-order valence-electron chi connectivity index (χ3n) is 4.52. The van der Waals surface area contributed by atoms with Gasteiger partial charge in [-0.1, -0.05) is 36.0 Å². The van der Waals surface area contributed by atoms with Gasteiger partial charge in [0.05, 0.1) is 12.7 Å². The minimum Gasteiger partial charge on any atom is -0.465 e. The molecule has 4 heteroatoms. The maximum absolute atomic E-state index is 12.3. The molecule has 2 aliphatic carbocycles. The fraction of sp³-hybridized carbons (Fsp3) is 0.263. The summed E-state index contributed by atoms with van der Waals surface area (Å²) in [6.45, 7) is 0. The predicted octanol–water partition coefficient (Wildman–Crippen LogP) is 4.08. The van der Waals surface area contributed by atoms with Gasteiger partial charge < -0.3 is 4.74 Å². The summed E-state index contributed by atoms with van der Waals surface area (Å²) in [7, 11) is 1.41. The maximum Gasteiger partial charge on any atom is 0.338 e. The quantitative estimate of drug-likeness (QED) is 0.730. The number of benzene rings is 1. The highest BCUT2D eigenvalue weighted by atomic mass is 32.2. The average molecular weight is 324 g/mol. The second-order valence-electron chi connectivity index (χ2n) is 5.85. The van der Waals surface area contributed by atoms with Gasteiger partial charge in [0.1, 0.15) is 0 Å².